The molecule has 0 unspecified atom stereocenters. The molecule has 0 saturated carbocycles. The summed E-state index contributed by atoms with van der Waals surface area (Å²) in [6.07, 6.45) is 3.70. The zero-order valence-corrected chi connectivity index (χ0v) is 18.1. The van der Waals surface area contributed by atoms with Gasteiger partial charge in [0.05, 0.1) is 18.0 Å². The summed E-state index contributed by atoms with van der Waals surface area (Å²) in [6.45, 7) is 2.04. The Balaban J connectivity index is 1.78. The van der Waals surface area contributed by atoms with Crippen LogP contribution in [0.4, 0.5) is 5.69 Å². The molecule has 0 aliphatic heterocycles. The number of hydrogen-bond acceptors (Lipinski definition) is 5. The van der Waals surface area contributed by atoms with Gasteiger partial charge in [0.2, 0.25) is 0 Å². The van der Waals surface area contributed by atoms with E-state index in [1.54, 1.807) is 25.4 Å². The Labute approximate surface area is 176 Å². The minimum absolute atomic E-state index is 0.0498. The molecule has 1 atom stereocenters. The fourth-order valence-electron chi connectivity index (χ4n) is 3.11. The van der Waals surface area contributed by atoms with Crippen molar-refractivity contribution in [1.29, 1.82) is 0 Å². The summed E-state index contributed by atoms with van der Waals surface area (Å²) in [5.74, 6) is 0.697. The average Bonchev–Trinajstić information content (AvgIpc) is 2.72. The molecule has 0 radical (unpaired) electrons. The number of sulfone groups is 1. The highest BCUT2D eigenvalue weighted by Crippen LogP contribution is 2.30. The molecule has 29 heavy (non-hydrogen) atoms. The van der Waals surface area contributed by atoms with Gasteiger partial charge in [-0.1, -0.05) is 19.1 Å². The van der Waals surface area contributed by atoms with Gasteiger partial charge in [-0.25, -0.2) is 8.42 Å². The molecule has 152 valence electrons. The number of methoxy groups -OCH3 is 1. The van der Waals surface area contributed by atoms with Crippen molar-refractivity contribution in [2.45, 2.75) is 24.3 Å². The van der Waals surface area contributed by atoms with Crippen LogP contribution in [-0.4, -0.2) is 31.9 Å². The largest absolute Gasteiger partial charge is 0.494 e. The van der Waals surface area contributed by atoms with Crippen LogP contribution in [0.1, 0.15) is 24.9 Å². The van der Waals surface area contributed by atoms with E-state index in [1.165, 1.54) is 6.26 Å². The monoisotopic (exact) mass is 429 g/mol. The number of benzene rings is 2. The number of thiocarbonyl (C=S) groups is 1. The van der Waals surface area contributed by atoms with Crippen LogP contribution in [0.25, 0.3) is 10.9 Å². The predicted molar refractivity (Wildman–Crippen MR) is 120 cm³/mol. The van der Waals surface area contributed by atoms with Crippen molar-refractivity contribution < 1.29 is 13.2 Å². The van der Waals surface area contributed by atoms with E-state index in [4.69, 9.17) is 17.0 Å². The van der Waals surface area contributed by atoms with E-state index in [0.29, 0.717) is 15.8 Å². The van der Waals surface area contributed by atoms with Crippen LogP contribution in [0.15, 0.2) is 59.6 Å². The molecule has 6 nitrogen and oxygen atoms in total. The third-order valence-corrected chi connectivity index (χ3v) is 5.97. The lowest BCUT2D eigenvalue weighted by atomic mass is 10.1. The highest BCUT2D eigenvalue weighted by atomic mass is 32.2. The summed E-state index contributed by atoms with van der Waals surface area (Å²) in [4.78, 5) is 4.69. The SMILES string of the molecule is CC[C@@H](NC(=S)Nc1ccc(OC)c2ncccc12)c1ccc(S(C)(=O)=O)cc1. The molecule has 3 rings (SSSR count). The lowest BCUT2D eigenvalue weighted by Crippen LogP contribution is -2.32. The molecule has 0 saturated heterocycles. The van der Waals surface area contributed by atoms with Crippen LogP contribution in [0.5, 0.6) is 5.75 Å². The molecule has 0 aliphatic rings. The van der Waals surface area contributed by atoms with Gasteiger partial charge in [-0.2, -0.15) is 0 Å². The Hall–Kier alpha value is -2.71. The van der Waals surface area contributed by atoms with Gasteiger partial charge in [-0.3, -0.25) is 4.98 Å². The Bertz CT molecular complexity index is 1130. The van der Waals surface area contributed by atoms with Gasteiger partial charge in [-0.15, -0.1) is 0 Å². The Morgan fingerprint density at radius 2 is 1.90 bits per heavy atom. The molecule has 1 aromatic heterocycles. The van der Waals surface area contributed by atoms with Gasteiger partial charge in [0.15, 0.2) is 14.9 Å². The number of pyridine rings is 1. The molecule has 2 aromatic carbocycles. The molecule has 0 aliphatic carbocycles. The quantitative estimate of drug-likeness (QED) is 0.571. The van der Waals surface area contributed by atoms with E-state index in [-0.39, 0.29) is 6.04 Å². The first-order valence-electron chi connectivity index (χ1n) is 9.12. The van der Waals surface area contributed by atoms with E-state index in [2.05, 4.69) is 15.6 Å². The maximum atomic E-state index is 11.7. The Morgan fingerprint density at radius 3 is 2.52 bits per heavy atom. The number of nitrogens with zero attached hydrogens (tertiary/aromatic N) is 1. The van der Waals surface area contributed by atoms with Crippen LogP contribution in [0.3, 0.4) is 0 Å². The zero-order valence-electron chi connectivity index (χ0n) is 16.5. The van der Waals surface area contributed by atoms with Crippen LogP contribution in [0, 0.1) is 0 Å². The maximum Gasteiger partial charge on any atom is 0.175 e. The minimum atomic E-state index is -3.22. The first-order valence-corrected chi connectivity index (χ1v) is 11.4. The van der Waals surface area contributed by atoms with E-state index in [0.717, 1.165) is 28.6 Å². The van der Waals surface area contributed by atoms with Gasteiger partial charge in [0.1, 0.15) is 11.3 Å². The highest BCUT2D eigenvalue weighted by Gasteiger charge is 2.14. The number of anilines is 1. The maximum absolute atomic E-state index is 11.7. The number of rotatable bonds is 6. The van der Waals surface area contributed by atoms with E-state index >= 15 is 0 Å². The number of hydrogen-bond donors (Lipinski definition) is 2. The number of fused-ring (bicyclic) bond motifs is 1. The van der Waals surface area contributed by atoms with Crippen LogP contribution in [0.2, 0.25) is 0 Å². The molecule has 0 spiro atoms. The summed E-state index contributed by atoms with van der Waals surface area (Å²) < 4.78 is 28.7. The predicted octanol–water partition coefficient (Wildman–Crippen LogP) is 4.08. The molecule has 3 aromatic rings. The van der Waals surface area contributed by atoms with E-state index in [1.807, 2.05) is 43.3 Å². The Morgan fingerprint density at radius 1 is 1.17 bits per heavy atom. The van der Waals surface area contributed by atoms with Crippen LogP contribution < -0.4 is 15.4 Å². The van der Waals surface area contributed by atoms with Crippen molar-refractivity contribution in [3.05, 3.63) is 60.3 Å². The van der Waals surface area contributed by atoms with E-state index in [9.17, 15) is 8.42 Å². The highest BCUT2D eigenvalue weighted by molar-refractivity contribution is 7.90. The Kier molecular flexibility index (Phi) is 6.34. The molecular weight excluding hydrogens is 406 g/mol. The normalized spacial score (nSPS) is 12.4. The van der Waals surface area contributed by atoms with Crippen molar-refractivity contribution in [2.24, 2.45) is 0 Å². The molecular formula is C21H23N3O3S2. The van der Waals surface area contributed by atoms with Crippen molar-refractivity contribution >= 4 is 43.8 Å². The summed E-state index contributed by atoms with van der Waals surface area (Å²) in [7, 11) is -1.60. The molecule has 0 amide bonds. The van der Waals surface area contributed by atoms with Gasteiger partial charge in [-0.05, 0) is 60.6 Å². The molecule has 2 N–H and O–H groups in total. The first-order chi connectivity index (χ1) is 13.8. The second-order valence-corrected chi connectivity index (χ2v) is 9.04. The molecule has 8 heteroatoms. The van der Waals surface area contributed by atoms with Crippen molar-refractivity contribution in [2.75, 3.05) is 18.7 Å². The zero-order chi connectivity index (χ0) is 21.0. The minimum Gasteiger partial charge on any atom is -0.494 e. The summed E-state index contributed by atoms with van der Waals surface area (Å²) in [6, 6.07) is 14.4. The molecule has 0 fully saturated rings. The van der Waals surface area contributed by atoms with Gasteiger partial charge in [0, 0.05) is 23.5 Å². The van der Waals surface area contributed by atoms with Crippen LogP contribution in [-0.2, 0) is 9.84 Å². The lowest BCUT2D eigenvalue weighted by Gasteiger charge is -2.21. The van der Waals surface area contributed by atoms with Gasteiger partial charge >= 0.3 is 0 Å². The smallest absolute Gasteiger partial charge is 0.175 e. The lowest BCUT2D eigenvalue weighted by molar-refractivity contribution is 0.419. The van der Waals surface area contributed by atoms with Crippen LogP contribution >= 0.6 is 12.2 Å². The fraction of sp³-hybridized carbons (Fsp3) is 0.238. The fourth-order valence-corrected chi connectivity index (χ4v) is 3.99. The van der Waals surface area contributed by atoms with Crippen molar-refractivity contribution in [3.63, 3.8) is 0 Å². The second-order valence-electron chi connectivity index (χ2n) is 6.62. The number of ether oxygens (including phenoxy) is 1. The molecule has 1 heterocycles. The van der Waals surface area contributed by atoms with Crippen molar-refractivity contribution in [1.82, 2.24) is 10.3 Å². The second kappa shape index (κ2) is 8.75. The van der Waals surface area contributed by atoms with Gasteiger partial charge < -0.3 is 15.4 Å². The molecule has 0 bridgehead atoms. The summed E-state index contributed by atoms with van der Waals surface area (Å²) in [5.41, 5.74) is 2.55. The van der Waals surface area contributed by atoms with E-state index < -0.39 is 9.84 Å². The average molecular weight is 430 g/mol. The topological polar surface area (TPSA) is 80.3 Å². The summed E-state index contributed by atoms with van der Waals surface area (Å²) >= 11 is 5.52. The number of aromatic nitrogens is 1. The standard InChI is InChI=1S/C21H23N3O3S2/c1-4-17(14-7-9-15(10-8-14)29(3,25)26)23-21(28)24-18-11-12-19(27-2)20-16(18)6-5-13-22-20/h5-13,17H,4H2,1-3H3,(H2,23,24,28)/t17-/m1/s1. The third-order valence-electron chi connectivity index (χ3n) is 4.62. The summed E-state index contributed by atoms with van der Waals surface area (Å²) in [5, 5.41) is 7.91. The first kappa shape index (κ1) is 21.0. The number of nitrogens with one attached hydrogen (secondary N) is 2. The van der Waals surface area contributed by atoms with Gasteiger partial charge in [0.25, 0.3) is 0 Å². The van der Waals surface area contributed by atoms with Crippen molar-refractivity contribution in [3.8, 4) is 5.75 Å². The third kappa shape index (κ3) is 4.83.